The summed E-state index contributed by atoms with van der Waals surface area (Å²) < 4.78 is 9.98. The Morgan fingerprint density at radius 1 is 0.750 bits per heavy atom. The Morgan fingerprint density at radius 3 is 1.60 bits per heavy atom. The summed E-state index contributed by atoms with van der Waals surface area (Å²) in [5, 5.41) is 20.7. The van der Waals surface area contributed by atoms with Crippen molar-refractivity contribution < 1.29 is 28.9 Å². The van der Waals surface area contributed by atoms with E-state index in [-0.39, 0.29) is 41.6 Å². The van der Waals surface area contributed by atoms with Crippen LogP contribution >= 0.6 is 11.6 Å². The van der Waals surface area contributed by atoms with E-state index in [1.807, 2.05) is 0 Å². The second-order valence-corrected chi connectivity index (χ2v) is 8.26. The lowest BCUT2D eigenvalue weighted by molar-refractivity contribution is -0.385. The summed E-state index contributed by atoms with van der Waals surface area (Å²) in [5.74, 6) is 0.799. The molecule has 0 bridgehead atoms. The molecule has 2 amide bonds. The van der Waals surface area contributed by atoms with Gasteiger partial charge in [0.15, 0.2) is 0 Å². The number of halogens is 1. The Morgan fingerprint density at radius 2 is 1.23 bits per heavy atom. The van der Waals surface area contributed by atoms with Gasteiger partial charge in [0.1, 0.15) is 42.4 Å². The van der Waals surface area contributed by atoms with E-state index in [2.05, 4.69) is 15.0 Å². The summed E-state index contributed by atoms with van der Waals surface area (Å²) in [4.78, 5) is 56.8. The van der Waals surface area contributed by atoms with E-state index in [0.717, 1.165) is 12.4 Å². The number of amides is 2. The fourth-order valence-electron chi connectivity index (χ4n) is 3.20. The standard InChI is InChI=1S/C9H9N3O4.C9H11N3O2.C5H3ClN2O2/c13-9-6-16-4-3-11(9)8-2-1-7(5-10-8)12(14)15;10-7-1-2-8(11-5-7)12-3-4-14-6-9(12)13;6-5-2-1-4(3-7-5)8(9)10/h1-2,5H,3-4,6H2;1-2,5H,3-4,6,10H2;1-3H. The lowest BCUT2D eigenvalue weighted by Gasteiger charge is -2.25. The third kappa shape index (κ3) is 8.62. The Balaban J connectivity index is 0.000000170. The highest BCUT2D eigenvalue weighted by Crippen LogP contribution is 2.17. The van der Waals surface area contributed by atoms with Crippen LogP contribution in [0.3, 0.4) is 0 Å². The third-order valence-corrected chi connectivity index (χ3v) is 5.38. The first-order chi connectivity index (χ1) is 19.2. The van der Waals surface area contributed by atoms with E-state index in [9.17, 15) is 29.8 Å². The molecule has 5 rings (SSSR count). The molecule has 0 atom stereocenters. The van der Waals surface area contributed by atoms with Crippen molar-refractivity contribution in [1.82, 2.24) is 15.0 Å². The average Bonchev–Trinajstić information content (AvgIpc) is 2.95. The van der Waals surface area contributed by atoms with Gasteiger partial charge in [-0.2, -0.15) is 0 Å². The van der Waals surface area contributed by atoms with Crippen LogP contribution in [0, 0.1) is 20.2 Å². The minimum atomic E-state index is -0.530. The van der Waals surface area contributed by atoms with Crippen LogP contribution < -0.4 is 15.5 Å². The van der Waals surface area contributed by atoms with Crippen LogP contribution in [0.1, 0.15) is 0 Å². The Kier molecular flexibility index (Phi) is 10.7. The molecule has 0 saturated carbocycles. The summed E-state index contributed by atoms with van der Waals surface area (Å²) in [7, 11) is 0. The van der Waals surface area contributed by atoms with Crippen LogP contribution in [0.15, 0.2) is 55.0 Å². The van der Waals surface area contributed by atoms with Gasteiger partial charge >= 0.3 is 0 Å². The number of hydrogen-bond acceptors (Lipinski definition) is 12. The van der Waals surface area contributed by atoms with Crippen LogP contribution in [-0.2, 0) is 19.1 Å². The molecule has 2 N–H and O–H groups in total. The van der Waals surface area contributed by atoms with E-state index in [0.29, 0.717) is 43.6 Å². The molecular weight excluding hydrogens is 552 g/mol. The zero-order chi connectivity index (χ0) is 29.1. The fourth-order valence-corrected chi connectivity index (χ4v) is 3.31. The molecule has 0 unspecified atom stereocenters. The Bertz CT molecular complexity index is 1330. The number of carbonyl (C=O) groups excluding carboxylic acids is 2. The SMILES string of the molecule is Nc1ccc(N2CCOCC2=O)nc1.O=C1COCCN1c1ccc([N+](=O)[O-])cn1.O=[N+]([O-])c1ccc(Cl)nc1. The van der Waals surface area contributed by atoms with Gasteiger partial charge in [0.2, 0.25) is 0 Å². The number of nitrogens with zero attached hydrogens (tertiary/aromatic N) is 7. The molecule has 3 aromatic heterocycles. The first-order valence-corrected chi connectivity index (χ1v) is 11.9. The van der Waals surface area contributed by atoms with Gasteiger partial charge in [-0.1, -0.05) is 11.6 Å². The monoisotopic (exact) mass is 574 g/mol. The van der Waals surface area contributed by atoms with E-state index in [4.69, 9.17) is 26.8 Å². The summed E-state index contributed by atoms with van der Waals surface area (Å²) in [6.07, 6.45) is 3.79. The van der Waals surface area contributed by atoms with Crippen molar-refractivity contribution >= 4 is 52.1 Å². The molecule has 0 spiro atoms. The normalized spacial score (nSPS) is 14.8. The predicted molar refractivity (Wildman–Crippen MR) is 142 cm³/mol. The molecule has 5 heterocycles. The largest absolute Gasteiger partial charge is 0.397 e. The molecule has 2 aliphatic rings. The molecule has 17 heteroatoms. The van der Waals surface area contributed by atoms with Gasteiger partial charge in [-0.3, -0.25) is 39.6 Å². The van der Waals surface area contributed by atoms with Gasteiger partial charge in [0, 0.05) is 12.1 Å². The van der Waals surface area contributed by atoms with Crippen LogP contribution in [0.4, 0.5) is 28.7 Å². The van der Waals surface area contributed by atoms with Crippen molar-refractivity contribution in [3.05, 3.63) is 80.4 Å². The maximum atomic E-state index is 11.4. The van der Waals surface area contributed by atoms with Crippen molar-refractivity contribution in [2.75, 3.05) is 55.1 Å². The molecular formula is C23H23ClN8O8. The van der Waals surface area contributed by atoms with Crippen molar-refractivity contribution in [3.8, 4) is 0 Å². The van der Waals surface area contributed by atoms with Crippen molar-refractivity contribution in [1.29, 1.82) is 0 Å². The second-order valence-electron chi connectivity index (χ2n) is 7.87. The summed E-state index contributed by atoms with van der Waals surface area (Å²) in [6.45, 7) is 2.13. The van der Waals surface area contributed by atoms with Crippen LogP contribution in [0.25, 0.3) is 0 Å². The smallest absolute Gasteiger partial charge is 0.287 e. The van der Waals surface area contributed by atoms with Gasteiger partial charge < -0.3 is 15.2 Å². The third-order valence-electron chi connectivity index (χ3n) is 5.16. The van der Waals surface area contributed by atoms with Crippen molar-refractivity contribution in [3.63, 3.8) is 0 Å². The number of nitrogens with two attached hydrogens (primary N) is 1. The highest BCUT2D eigenvalue weighted by Gasteiger charge is 2.22. The second kappa shape index (κ2) is 14.4. The number of rotatable bonds is 4. The highest BCUT2D eigenvalue weighted by molar-refractivity contribution is 6.29. The summed E-state index contributed by atoms with van der Waals surface area (Å²) >= 11 is 5.38. The maximum absolute atomic E-state index is 11.4. The molecule has 40 heavy (non-hydrogen) atoms. The quantitative estimate of drug-likeness (QED) is 0.269. The lowest BCUT2D eigenvalue weighted by atomic mass is 10.3. The van der Waals surface area contributed by atoms with Gasteiger partial charge in [0.25, 0.3) is 23.2 Å². The number of carbonyl (C=O) groups is 2. The van der Waals surface area contributed by atoms with Gasteiger partial charge in [-0.05, 0) is 24.3 Å². The van der Waals surface area contributed by atoms with Crippen LogP contribution in [-0.4, -0.2) is 76.1 Å². The Hall–Kier alpha value is -4.80. The molecule has 0 aromatic carbocycles. The maximum Gasteiger partial charge on any atom is 0.287 e. The molecule has 3 aromatic rings. The molecule has 210 valence electrons. The number of aromatic nitrogens is 3. The minimum absolute atomic E-state index is 0.0265. The molecule has 0 radical (unpaired) electrons. The van der Waals surface area contributed by atoms with Gasteiger partial charge in [-0.25, -0.2) is 15.0 Å². The van der Waals surface area contributed by atoms with Gasteiger partial charge in [0.05, 0.1) is 48.0 Å². The predicted octanol–water partition coefficient (Wildman–Crippen LogP) is 2.02. The number of pyridine rings is 3. The number of ether oxygens (including phenoxy) is 2. The van der Waals surface area contributed by atoms with E-state index in [1.54, 1.807) is 17.0 Å². The number of morpholine rings is 2. The van der Waals surface area contributed by atoms with Crippen molar-refractivity contribution in [2.24, 2.45) is 0 Å². The molecule has 2 fully saturated rings. The topological polar surface area (TPSA) is 210 Å². The Labute approximate surface area is 231 Å². The lowest BCUT2D eigenvalue weighted by Crippen LogP contribution is -2.42. The number of anilines is 3. The highest BCUT2D eigenvalue weighted by atomic mass is 35.5. The average molecular weight is 575 g/mol. The molecule has 2 saturated heterocycles. The first-order valence-electron chi connectivity index (χ1n) is 11.5. The van der Waals surface area contributed by atoms with E-state index >= 15 is 0 Å². The summed E-state index contributed by atoms with van der Waals surface area (Å²) in [6, 6.07) is 8.92. The molecule has 2 aliphatic heterocycles. The zero-order valence-electron chi connectivity index (χ0n) is 20.8. The minimum Gasteiger partial charge on any atom is -0.397 e. The fraction of sp³-hybridized carbons (Fsp3) is 0.261. The van der Waals surface area contributed by atoms with Crippen LogP contribution in [0.2, 0.25) is 5.15 Å². The van der Waals surface area contributed by atoms with Crippen molar-refractivity contribution in [2.45, 2.75) is 0 Å². The number of nitrogen functional groups attached to an aromatic ring is 1. The number of nitro groups is 2. The summed E-state index contributed by atoms with van der Waals surface area (Å²) in [5.41, 5.74) is 5.95. The van der Waals surface area contributed by atoms with E-state index < -0.39 is 9.85 Å². The molecule has 0 aliphatic carbocycles. The van der Waals surface area contributed by atoms with E-state index in [1.165, 1.54) is 35.4 Å². The number of hydrogen-bond donors (Lipinski definition) is 1. The zero-order valence-corrected chi connectivity index (χ0v) is 21.5. The van der Waals surface area contributed by atoms with Gasteiger partial charge in [-0.15, -0.1) is 0 Å². The molecule has 16 nitrogen and oxygen atoms in total. The van der Waals surface area contributed by atoms with Crippen LogP contribution in [0.5, 0.6) is 0 Å². The first kappa shape index (κ1) is 29.8.